The maximum Gasteiger partial charge on any atom is 0.335 e. The summed E-state index contributed by atoms with van der Waals surface area (Å²) in [4.78, 5) is 24.6. The number of likely N-dealkylation sites (tertiary alicyclic amines) is 1. The average Bonchev–Trinajstić information content (AvgIpc) is 2.93. The van der Waals surface area contributed by atoms with Gasteiger partial charge >= 0.3 is 5.97 Å². The minimum atomic E-state index is -0.944. The van der Waals surface area contributed by atoms with Crippen molar-refractivity contribution >= 4 is 11.9 Å². The molecule has 1 amide bonds. The molecule has 0 radical (unpaired) electrons. The third kappa shape index (κ3) is 3.54. The lowest BCUT2D eigenvalue weighted by Crippen LogP contribution is -2.38. The van der Waals surface area contributed by atoms with E-state index in [4.69, 9.17) is 9.84 Å². The Bertz CT molecular complexity index is 541. The monoisotopic (exact) mass is 291 g/mol. The zero-order valence-electron chi connectivity index (χ0n) is 12.5. The number of hydrogen-bond donors (Lipinski definition) is 1. The SMILES string of the molecule is CCC(=O)N1CCCC1COc1ccc(C(=O)O)cc1C. The fourth-order valence-electron chi connectivity index (χ4n) is 2.67. The van der Waals surface area contributed by atoms with Crippen LogP contribution >= 0.6 is 0 Å². The van der Waals surface area contributed by atoms with Gasteiger partial charge in [-0.1, -0.05) is 6.92 Å². The zero-order chi connectivity index (χ0) is 15.4. The van der Waals surface area contributed by atoms with E-state index in [1.54, 1.807) is 12.1 Å². The van der Waals surface area contributed by atoms with Gasteiger partial charge in [0.2, 0.25) is 5.91 Å². The van der Waals surface area contributed by atoms with Crippen molar-refractivity contribution in [2.24, 2.45) is 0 Å². The fraction of sp³-hybridized carbons (Fsp3) is 0.500. The van der Waals surface area contributed by atoms with E-state index in [2.05, 4.69) is 0 Å². The molecule has 1 heterocycles. The zero-order valence-corrected chi connectivity index (χ0v) is 12.5. The van der Waals surface area contributed by atoms with Crippen LogP contribution < -0.4 is 4.74 Å². The Kier molecular flexibility index (Phi) is 4.83. The Labute approximate surface area is 124 Å². The number of hydrogen-bond acceptors (Lipinski definition) is 3. The maximum atomic E-state index is 11.8. The van der Waals surface area contributed by atoms with Crippen molar-refractivity contribution in [1.29, 1.82) is 0 Å². The summed E-state index contributed by atoms with van der Waals surface area (Å²) in [7, 11) is 0. The second kappa shape index (κ2) is 6.61. The number of carbonyl (C=O) groups is 2. The lowest BCUT2D eigenvalue weighted by molar-refractivity contribution is -0.132. The second-order valence-corrected chi connectivity index (χ2v) is 5.33. The first-order chi connectivity index (χ1) is 10.0. The molecule has 0 spiro atoms. The summed E-state index contributed by atoms with van der Waals surface area (Å²) in [6.45, 7) is 4.95. The summed E-state index contributed by atoms with van der Waals surface area (Å²) in [6.07, 6.45) is 2.48. The van der Waals surface area contributed by atoms with Gasteiger partial charge in [0.1, 0.15) is 12.4 Å². The van der Waals surface area contributed by atoms with Crippen LogP contribution in [0.5, 0.6) is 5.75 Å². The van der Waals surface area contributed by atoms with Crippen LogP contribution in [-0.2, 0) is 4.79 Å². The summed E-state index contributed by atoms with van der Waals surface area (Å²) in [6, 6.07) is 4.94. The number of rotatable bonds is 5. The lowest BCUT2D eigenvalue weighted by Gasteiger charge is -2.24. The lowest BCUT2D eigenvalue weighted by atomic mass is 10.1. The van der Waals surface area contributed by atoms with Crippen LogP contribution in [0.3, 0.4) is 0 Å². The van der Waals surface area contributed by atoms with Gasteiger partial charge in [0.05, 0.1) is 11.6 Å². The molecule has 0 bridgehead atoms. The van der Waals surface area contributed by atoms with Crippen LogP contribution in [0.2, 0.25) is 0 Å². The molecule has 1 aliphatic rings. The largest absolute Gasteiger partial charge is 0.491 e. The number of benzene rings is 1. The summed E-state index contributed by atoms with van der Waals surface area (Å²) in [5.41, 5.74) is 1.05. The predicted molar refractivity (Wildman–Crippen MR) is 78.7 cm³/mol. The number of carboxylic acids is 1. The third-order valence-corrected chi connectivity index (χ3v) is 3.85. The number of nitrogens with zero attached hydrogens (tertiary/aromatic N) is 1. The molecule has 114 valence electrons. The Hall–Kier alpha value is -2.04. The van der Waals surface area contributed by atoms with Crippen molar-refractivity contribution in [3.05, 3.63) is 29.3 Å². The molecule has 1 unspecified atom stereocenters. The van der Waals surface area contributed by atoms with Gasteiger partial charge in [0.25, 0.3) is 0 Å². The number of carboxylic acid groups (broad SMARTS) is 1. The van der Waals surface area contributed by atoms with Crippen LogP contribution in [0.4, 0.5) is 0 Å². The van der Waals surface area contributed by atoms with Gasteiger partial charge in [-0.05, 0) is 43.5 Å². The van der Waals surface area contributed by atoms with Crippen molar-refractivity contribution in [3.63, 3.8) is 0 Å². The first-order valence-electron chi connectivity index (χ1n) is 7.29. The molecular weight excluding hydrogens is 270 g/mol. The number of carbonyl (C=O) groups excluding carboxylic acids is 1. The Morgan fingerprint density at radius 1 is 1.43 bits per heavy atom. The maximum absolute atomic E-state index is 11.8. The fourth-order valence-corrected chi connectivity index (χ4v) is 2.67. The van der Waals surface area contributed by atoms with Gasteiger partial charge in [-0.3, -0.25) is 4.79 Å². The number of ether oxygens (including phenoxy) is 1. The smallest absolute Gasteiger partial charge is 0.335 e. The molecule has 21 heavy (non-hydrogen) atoms. The second-order valence-electron chi connectivity index (χ2n) is 5.33. The molecule has 5 nitrogen and oxygen atoms in total. The normalized spacial score (nSPS) is 17.8. The van der Waals surface area contributed by atoms with Gasteiger partial charge in [0, 0.05) is 13.0 Å². The predicted octanol–water partition coefficient (Wildman–Crippen LogP) is 2.47. The molecule has 0 saturated carbocycles. The molecule has 5 heteroatoms. The van der Waals surface area contributed by atoms with Crippen LogP contribution in [0.25, 0.3) is 0 Å². The Morgan fingerprint density at radius 2 is 2.19 bits per heavy atom. The van der Waals surface area contributed by atoms with Crippen LogP contribution in [-0.4, -0.2) is 41.1 Å². The highest BCUT2D eigenvalue weighted by molar-refractivity contribution is 5.88. The quantitative estimate of drug-likeness (QED) is 0.905. The van der Waals surface area contributed by atoms with Crippen molar-refractivity contribution in [2.75, 3.05) is 13.2 Å². The molecule has 1 aromatic rings. The van der Waals surface area contributed by atoms with E-state index >= 15 is 0 Å². The molecule has 1 aromatic carbocycles. The topological polar surface area (TPSA) is 66.8 Å². The Morgan fingerprint density at radius 3 is 2.81 bits per heavy atom. The van der Waals surface area contributed by atoms with E-state index in [0.29, 0.717) is 18.8 Å². The van der Waals surface area contributed by atoms with E-state index in [9.17, 15) is 9.59 Å². The highest BCUT2D eigenvalue weighted by atomic mass is 16.5. The van der Waals surface area contributed by atoms with E-state index < -0.39 is 5.97 Å². The summed E-state index contributed by atoms with van der Waals surface area (Å²) in [5.74, 6) is -0.102. The van der Waals surface area contributed by atoms with Crippen LogP contribution in [0, 0.1) is 6.92 Å². The standard InChI is InChI=1S/C16H21NO4/c1-3-15(18)17-8-4-5-13(17)10-21-14-7-6-12(16(19)20)9-11(14)2/h6-7,9,13H,3-5,8,10H2,1-2H3,(H,19,20). The minimum Gasteiger partial charge on any atom is -0.491 e. The molecular formula is C16H21NO4. The molecule has 1 saturated heterocycles. The minimum absolute atomic E-state index is 0.121. The van der Waals surface area contributed by atoms with E-state index in [0.717, 1.165) is 24.9 Å². The van der Waals surface area contributed by atoms with Gasteiger partial charge in [0.15, 0.2) is 0 Å². The molecule has 1 aliphatic heterocycles. The Balaban J connectivity index is 1.99. The summed E-state index contributed by atoms with van der Waals surface area (Å²) < 4.78 is 5.79. The number of aryl methyl sites for hydroxylation is 1. The van der Waals surface area contributed by atoms with E-state index in [-0.39, 0.29) is 17.5 Å². The van der Waals surface area contributed by atoms with Crippen molar-refractivity contribution in [3.8, 4) is 5.75 Å². The third-order valence-electron chi connectivity index (χ3n) is 3.85. The van der Waals surface area contributed by atoms with E-state index in [1.807, 2.05) is 18.7 Å². The van der Waals surface area contributed by atoms with Crippen molar-refractivity contribution in [2.45, 2.75) is 39.2 Å². The average molecular weight is 291 g/mol. The summed E-state index contributed by atoms with van der Waals surface area (Å²) in [5, 5.41) is 8.94. The molecule has 1 atom stereocenters. The van der Waals surface area contributed by atoms with E-state index in [1.165, 1.54) is 6.07 Å². The molecule has 0 aromatic heterocycles. The molecule has 2 rings (SSSR count). The highest BCUT2D eigenvalue weighted by Gasteiger charge is 2.28. The number of amides is 1. The van der Waals surface area contributed by atoms with Gasteiger partial charge in [-0.15, -0.1) is 0 Å². The molecule has 1 fully saturated rings. The molecule has 1 N–H and O–H groups in total. The number of aromatic carboxylic acids is 1. The summed E-state index contributed by atoms with van der Waals surface area (Å²) >= 11 is 0. The molecule has 0 aliphatic carbocycles. The van der Waals surface area contributed by atoms with Crippen LogP contribution in [0.15, 0.2) is 18.2 Å². The van der Waals surface area contributed by atoms with Gasteiger partial charge in [-0.2, -0.15) is 0 Å². The van der Waals surface area contributed by atoms with Crippen molar-refractivity contribution in [1.82, 2.24) is 4.90 Å². The highest BCUT2D eigenvalue weighted by Crippen LogP contribution is 2.23. The van der Waals surface area contributed by atoms with Gasteiger partial charge in [-0.25, -0.2) is 4.79 Å². The van der Waals surface area contributed by atoms with Crippen molar-refractivity contribution < 1.29 is 19.4 Å². The van der Waals surface area contributed by atoms with Crippen LogP contribution in [0.1, 0.15) is 42.1 Å². The first kappa shape index (κ1) is 15.4. The first-order valence-corrected chi connectivity index (χ1v) is 7.29. The van der Waals surface area contributed by atoms with Gasteiger partial charge < -0.3 is 14.7 Å².